The summed E-state index contributed by atoms with van der Waals surface area (Å²) in [4.78, 5) is 21.7. The zero-order valence-electron chi connectivity index (χ0n) is 13.1. The first-order valence-corrected chi connectivity index (χ1v) is 7.42. The second kappa shape index (κ2) is 4.95. The van der Waals surface area contributed by atoms with Gasteiger partial charge < -0.3 is 15.0 Å². The molecule has 2 N–H and O–H groups in total. The van der Waals surface area contributed by atoms with Gasteiger partial charge in [-0.05, 0) is 19.1 Å². The summed E-state index contributed by atoms with van der Waals surface area (Å²) >= 11 is 0. The molecule has 5 heteroatoms. The van der Waals surface area contributed by atoms with Crippen molar-refractivity contribution in [2.75, 3.05) is 13.1 Å². The van der Waals surface area contributed by atoms with Crippen molar-refractivity contribution in [1.29, 1.82) is 0 Å². The van der Waals surface area contributed by atoms with Crippen LogP contribution in [0.2, 0.25) is 0 Å². The fourth-order valence-electron chi connectivity index (χ4n) is 2.84. The van der Waals surface area contributed by atoms with Gasteiger partial charge >= 0.3 is 0 Å². The maximum atomic E-state index is 12.7. The number of aromatic nitrogens is 2. The highest BCUT2D eigenvalue weighted by Crippen LogP contribution is 2.39. The SMILES string of the molecule is CC1(C)CN(C(=O)c2cccc(-c3ncc[nH]3)c2)C[C@]1(C)O. The van der Waals surface area contributed by atoms with Gasteiger partial charge in [0.05, 0.1) is 12.1 Å². The van der Waals surface area contributed by atoms with Crippen LogP contribution in [0.1, 0.15) is 31.1 Å². The molecule has 2 heterocycles. The van der Waals surface area contributed by atoms with E-state index in [9.17, 15) is 9.90 Å². The lowest BCUT2D eigenvalue weighted by Gasteiger charge is -2.30. The number of carbonyl (C=O) groups excluding carboxylic acids is 1. The summed E-state index contributed by atoms with van der Waals surface area (Å²) in [6.45, 7) is 6.66. The standard InChI is InChI=1S/C17H21N3O2/c1-16(2)10-20(11-17(16,3)22)15(21)13-6-4-5-12(9-13)14-18-7-8-19-14/h4-9,22H,10-11H2,1-3H3,(H,18,19)/t17-/m0/s1. The summed E-state index contributed by atoms with van der Waals surface area (Å²) < 4.78 is 0. The van der Waals surface area contributed by atoms with Crippen molar-refractivity contribution in [3.8, 4) is 11.4 Å². The number of hydrogen-bond acceptors (Lipinski definition) is 3. The molecule has 1 atom stereocenters. The number of imidazole rings is 1. The van der Waals surface area contributed by atoms with Gasteiger partial charge in [-0.15, -0.1) is 0 Å². The van der Waals surface area contributed by atoms with Crippen LogP contribution in [0.25, 0.3) is 11.4 Å². The maximum Gasteiger partial charge on any atom is 0.253 e. The van der Waals surface area contributed by atoms with E-state index in [4.69, 9.17) is 0 Å². The number of aromatic amines is 1. The molecule has 1 aliphatic heterocycles. The van der Waals surface area contributed by atoms with Gasteiger partial charge in [-0.2, -0.15) is 0 Å². The Morgan fingerprint density at radius 1 is 1.32 bits per heavy atom. The van der Waals surface area contributed by atoms with Gasteiger partial charge in [-0.1, -0.05) is 26.0 Å². The van der Waals surface area contributed by atoms with Crippen LogP contribution in [0.15, 0.2) is 36.7 Å². The van der Waals surface area contributed by atoms with Gasteiger partial charge in [0.25, 0.3) is 5.91 Å². The van der Waals surface area contributed by atoms with E-state index >= 15 is 0 Å². The number of benzene rings is 1. The number of aliphatic hydroxyl groups is 1. The van der Waals surface area contributed by atoms with Crippen LogP contribution in [0, 0.1) is 5.41 Å². The van der Waals surface area contributed by atoms with E-state index in [0.717, 1.165) is 11.4 Å². The number of β-amino-alcohol motifs (C(OH)–C–C–N with tert-alkyl or cyclic N) is 1. The van der Waals surface area contributed by atoms with Crippen LogP contribution in [0.3, 0.4) is 0 Å². The van der Waals surface area contributed by atoms with E-state index in [1.807, 2.05) is 32.0 Å². The van der Waals surface area contributed by atoms with Crippen LogP contribution in [0.5, 0.6) is 0 Å². The summed E-state index contributed by atoms with van der Waals surface area (Å²) in [5.74, 6) is 0.683. The Balaban J connectivity index is 1.86. The third-order valence-corrected chi connectivity index (χ3v) is 4.71. The van der Waals surface area contributed by atoms with Crippen LogP contribution in [-0.4, -0.2) is 44.6 Å². The maximum absolute atomic E-state index is 12.7. The Bertz CT molecular complexity index is 674. The Morgan fingerprint density at radius 2 is 2.09 bits per heavy atom. The van der Waals surface area contributed by atoms with Crippen molar-refractivity contribution < 1.29 is 9.90 Å². The van der Waals surface area contributed by atoms with Crippen molar-refractivity contribution in [1.82, 2.24) is 14.9 Å². The summed E-state index contributed by atoms with van der Waals surface area (Å²) in [5, 5.41) is 10.5. The Labute approximate surface area is 130 Å². The number of nitrogens with zero attached hydrogens (tertiary/aromatic N) is 2. The molecular formula is C17H21N3O2. The van der Waals surface area contributed by atoms with Gasteiger partial charge in [0.15, 0.2) is 0 Å². The highest BCUT2D eigenvalue weighted by Gasteiger charge is 2.49. The van der Waals surface area contributed by atoms with E-state index in [1.165, 1.54) is 0 Å². The molecule has 0 aliphatic carbocycles. The highest BCUT2D eigenvalue weighted by molar-refractivity contribution is 5.95. The lowest BCUT2D eigenvalue weighted by Crippen LogP contribution is -2.40. The zero-order chi connectivity index (χ0) is 16.0. The number of hydrogen-bond donors (Lipinski definition) is 2. The Morgan fingerprint density at radius 3 is 2.68 bits per heavy atom. The van der Waals surface area contributed by atoms with Crippen molar-refractivity contribution in [3.63, 3.8) is 0 Å². The molecule has 0 unspecified atom stereocenters. The van der Waals surface area contributed by atoms with E-state index in [1.54, 1.807) is 30.3 Å². The number of carbonyl (C=O) groups is 1. The summed E-state index contributed by atoms with van der Waals surface area (Å²) in [5.41, 5.74) is 0.297. The predicted molar refractivity (Wildman–Crippen MR) is 84.3 cm³/mol. The van der Waals surface area contributed by atoms with Gasteiger partial charge in [-0.3, -0.25) is 4.79 Å². The lowest BCUT2D eigenvalue weighted by molar-refractivity contribution is -0.0108. The third-order valence-electron chi connectivity index (χ3n) is 4.71. The van der Waals surface area contributed by atoms with Gasteiger partial charge in [0, 0.05) is 35.5 Å². The molecule has 1 aliphatic rings. The average molecular weight is 299 g/mol. The second-order valence-electron chi connectivity index (χ2n) is 6.84. The van der Waals surface area contributed by atoms with Crippen LogP contribution < -0.4 is 0 Å². The fraction of sp³-hybridized carbons (Fsp3) is 0.412. The number of amides is 1. The predicted octanol–water partition coefficient (Wildman–Crippen LogP) is 2.31. The van der Waals surface area contributed by atoms with Crippen LogP contribution >= 0.6 is 0 Å². The quantitative estimate of drug-likeness (QED) is 0.894. The average Bonchev–Trinajstić information content (AvgIpc) is 3.05. The molecule has 1 aromatic carbocycles. The van der Waals surface area contributed by atoms with Crippen LogP contribution in [0.4, 0.5) is 0 Å². The molecule has 2 aromatic rings. The van der Waals surface area contributed by atoms with Crippen LogP contribution in [-0.2, 0) is 0 Å². The molecule has 0 spiro atoms. The van der Waals surface area contributed by atoms with E-state index in [2.05, 4.69) is 9.97 Å². The summed E-state index contributed by atoms with van der Waals surface area (Å²) in [6, 6.07) is 7.40. The van der Waals surface area contributed by atoms with E-state index in [0.29, 0.717) is 18.7 Å². The normalized spacial score (nSPS) is 23.7. The lowest BCUT2D eigenvalue weighted by atomic mass is 9.79. The Kier molecular flexibility index (Phi) is 3.33. The molecule has 1 amide bonds. The van der Waals surface area contributed by atoms with E-state index < -0.39 is 5.60 Å². The second-order valence-corrected chi connectivity index (χ2v) is 6.84. The molecule has 1 fully saturated rings. The molecule has 0 radical (unpaired) electrons. The molecule has 5 nitrogen and oxygen atoms in total. The molecule has 0 saturated carbocycles. The summed E-state index contributed by atoms with van der Waals surface area (Å²) in [6.07, 6.45) is 3.44. The first kappa shape index (κ1) is 14.8. The number of H-pyrrole nitrogens is 1. The van der Waals surface area contributed by atoms with Gasteiger partial charge in [-0.25, -0.2) is 4.98 Å². The molecule has 116 valence electrons. The van der Waals surface area contributed by atoms with E-state index in [-0.39, 0.29) is 11.3 Å². The zero-order valence-corrected chi connectivity index (χ0v) is 13.1. The smallest absolute Gasteiger partial charge is 0.253 e. The number of rotatable bonds is 2. The highest BCUT2D eigenvalue weighted by atomic mass is 16.3. The minimum Gasteiger partial charge on any atom is -0.388 e. The number of nitrogens with one attached hydrogen (secondary N) is 1. The van der Waals surface area contributed by atoms with Crippen molar-refractivity contribution in [2.45, 2.75) is 26.4 Å². The fourth-order valence-corrected chi connectivity index (χ4v) is 2.84. The van der Waals surface area contributed by atoms with Crippen molar-refractivity contribution >= 4 is 5.91 Å². The minimum atomic E-state index is -0.874. The third kappa shape index (κ3) is 2.41. The van der Waals surface area contributed by atoms with Gasteiger partial charge in [0.1, 0.15) is 5.82 Å². The molecular weight excluding hydrogens is 278 g/mol. The first-order valence-electron chi connectivity index (χ1n) is 7.42. The Hall–Kier alpha value is -2.14. The molecule has 1 aromatic heterocycles. The minimum absolute atomic E-state index is 0.0562. The largest absolute Gasteiger partial charge is 0.388 e. The van der Waals surface area contributed by atoms with Crippen molar-refractivity contribution in [2.24, 2.45) is 5.41 Å². The van der Waals surface area contributed by atoms with Crippen molar-refractivity contribution in [3.05, 3.63) is 42.2 Å². The summed E-state index contributed by atoms with van der Waals surface area (Å²) in [7, 11) is 0. The molecule has 1 saturated heterocycles. The number of likely N-dealkylation sites (tertiary alicyclic amines) is 1. The molecule has 3 rings (SSSR count). The monoisotopic (exact) mass is 299 g/mol. The molecule has 22 heavy (non-hydrogen) atoms. The topological polar surface area (TPSA) is 69.2 Å². The molecule has 0 bridgehead atoms. The first-order chi connectivity index (χ1) is 10.3. The van der Waals surface area contributed by atoms with Gasteiger partial charge in [0.2, 0.25) is 0 Å².